The number of thiophene rings is 1. The summed E-state index contributed by atoms with van der Waals surface area (Å²) in [5.41, 5.74) is 1.88. The highest BCUT2D eigenvalue weighted by Gasteiger charge is 2.24. The molecular formula is C29H36N6O5S2. The smallest absolute Gasteiger partial charge is 0.264 e. The van der Waals surface area contributed by atoms with Crippen molar-refractivity contribution >= 4 is 46.6 Å². The predicted octanol–water partition coefficient (Wildman–Crippen LogP) is 3.33. The molecule has 4 bridgehead atoms. The van der Waals surface area contributed by atoms with E-state index in [2.05, 4.69) is 20.9 Å². The first-order valence-corrected chi connectivity index (χ1v) is 16.1. The molecule has 42 heavy (non-hydrogen) atoms. The second-order valence-corrected chi connectivity index (χ2v) is 12.1. The van der Waals surface area contributed by atoms with Gasteiger partial charge in [0.2, 0.25) is 5.91 Å². The molecule has 3 heterocycles. The van der Waals surface area contributed by atoms with Crippen molar-refractivity contribution in [2.24, 2.45) is 0 Å². The van der Waals surface area contributed by atoms with E-state index < -0.39 is 6.04 Å². The number of hydrogen-bond acceptors (Lipinski definition) is 9. The predicted molar refractivity (Wildman–Crippen MR) is 162 cm³/mol. The van der Waals surface area contributed by atoms with Gasteiger partial charge in [-0.25, -0.2) is 0 Å². The minimum Gasteiger partial charge on any atom is -0.494 e. The van der Waals surface area contributed by atoms with Crippen LogP contribution in [0.4, 0.5) is 0 Å². The third kappa shape index (κ3) is 8.41. The minimum absolute atomic E-state index is 0.0922. The number of carbonyl (C=O) groups is 4. The number of hydrogen-bond donors (Lipinski definition) is 2. The Morgan fingerprint density at radius 2 is 1.95 bits per heavy atom. The molecule has 2 aromatic heterocycles. The summed E-state index contributed by atoms with van der Waals surface area (Å²) in [5, 5.41) is 14.3. The van der Waals surface area contributed by atoms with Gasteiger partial charge in [0, 0.05) is 31.6 Å². The van der Waals surface area contributed by atoms with Gasteiger partial charge in [0.1, 0.15) is 17.5 Å². The highest BCUT2D eigenvalue weighted by Crippen LogP contribution is 2.21. The Balaban J connectivity index is 1.54. The molecule has 0 radical (unpaired) electrons. The summed E-state index contributed by atoms with van der Waals surface area (Å²) in [7, 11) is 0. The normalized spacial score (nSPS) is 17.1. The molecule has 224 valence electrons. The van der Waals surface area contributed by atoms with Crippen molar-refractivity contribution in [1.29, 1.82) is 0 Å². The number of ether oxygens (including phenoxy) is 1. The number of thioether (sulfide) groups is 1. The molecule has 1 atom stereocenters. The molecule has 0 aliphatic carbocycles. The first kappa shape index (κ1) is 31.2. The van der Waals surface area contributed by atoms with Gasteiger partial charge in [0.15, 0.2) is 5.78 Å². The maximum absolute atomic E-state index is 13.4. The largest absolute Gasteiger partial charge is 0.494 e. The van der Waals surface area contributed by atoms with E-state index in [0.717, 1.165) is 16.9 Å². The van der Waals surface area contributed by atoms with Gasteiger partial charge in [-0.05, 0) is 68.5 Å². The number of carbonyl (C=O) groups excluding carboxylic acids is 4. The van der Waals surface area contributed by atoms with Gasteiger partial charge >= 0.3 is 0 Å². The Labute approximate surface area is 253 Å². The minimum atomic E-state index is -0.705. The number of ketones is 1. The van der Waals surface area contributed by atoms with Gasteiger partial charge in [-0.2, -0.15) is 11.8 Å². The molecule has 11 nitrogen and oxygen atoms in total. The van der Waals surface area contributed by atoms with E-state index in [1.54, 1.807) is 45.7 Å². The first-order chi connectivity index (χ1) is 20.2. The second-order valence-electron chi connectivity index (χ2n) is 10.1. The van der Waals surface area contributed by atoms with E-state index in [9.17, 15) is 19.2 Å². The van der Waals surface area contributed by atoms with Crippen LogP contribution in [0.25, 0.3) is 0 Å². The summed E-state index contributed by atoms with van der Waals surface area (Å²) in [6.45, 7) is 5.18. The molecule has 1 aromatic carbocycles. The highest BCUT2D eigenvalue weighted by molar-refractivity contribution is 7.98. The highest BCUT2D eigenvalue weighted by atomic mass is 32.2. The van der Waals surface area contributed by atoms with E-state index in [1.165, 1.54) is 6.92 Å². The zero-order chi connectivity index (χ0) is 30.1. The molecule has 0 spiro atoms. The first-order valence-electron chi connectivity index (χ1n) is 13.8. The van der Waals surface area contributed by atoms with Crippen molar-refractivity contribution < 1.29 is 23.9 Å². The lowest BCUT2D eigenvalue weighted by atomic mass is 10.1. The lowest BCUT2D eigenvalue weighted by Crippen LogP contribution is -2.47. The van der Waals surface area contributed by atoms with Gasteiger partial charge in [-0.3, -0.25) is 23.9 Å². The van der Waals surface area contributed by atoms with Crippen molar-refractivity contribution in [2.75, 3.05) is 31.7 Å². The standard InChI is InChI=1S/C29H36N6O5S2/c1-19-6-7-22-16-23(19)27(37)31-24(10-15-41-3)28(38)30-11-4-12-34(29(39)26-9-8-25(42-26)20(2)36)17-21-18-35(33-32-21)13-5-14-40-22/h6-9,16,18,24H,4-5,10-15,17H2,1-3H3,(H,30,38)(H,31,37)/t24-/m0/s1. The number of benzene rings is 1. The number of nitrogens with one attached hydrogen (secondary N) is 2. The molecule has 2 N–H and O–H groups in total. The lowest BCUT2D eigenvalue weighted by molar-refractivity contribution is -0.123. The number of aryl methyl sites for hydroxylation is 2. The number of fused-ring (bicyclic) bond motifs is 4. The molecule has 13 heteroatoms. The Kier molecular flexibility index (Phi) is 11.1. The van der Waals surface area contributed by atoms with Crippen LogP contribution in [0.3, 0.4) is 0 Å². The molecule has 1 aliphatic heterocycles. The van der Waals surface area contributed by atoms with Crippen LogP contribution in [0.5, 0.6) is 5.75 Å². The van der Waals surface area contributed by atoms with Crippen LogP contribution in [-0.4, -0.2) is 81.1 Å². The molecule has 1 aliphatic rings. The fourth-order valence-corrected chi connectivity index (χ4v) is 5.80. The second kappa shape index (κ2) is 15.0. The fraction of sp³-hybridized carbons (Fsp3) is 0.448. The zero-order valence-corrected chi connectivity index (χ0v) is 25.7. The van der Waals surface area contributed by atoms with Crippen LogP contribution in [-0.2, 0) is 17.9 Å². The van der Waals surface area contributed by atoms with Crippen LogP contribution in [0, 0.1) is 6.92 Å². The van der Waals surface area contributed by atoms with E-state index in [-0.39, 0.29) is 30.0 Å². The van der Waals surface area contributed by atoms with Gasteiger partial charge < -0.3 is 20.3 Å². The van der Waals surface area contributed by atoms with Crippen molar-refractivity contribution in [2.45, 2.75) is 52.2 Å². The molecule has 0 saturated heterocycles. The summed E-state index contributed by atoms with van der Waals surface area (Å²) in [4.78, 5) is 54.2. The molecule has 3 aromatic rings. The van der Waals surface area contributed by atoms with Crippen molar-refractivity contribution in [3.8, 4) is 5.75 Å². The summed E-state index contributed by atoms with van der Waals surface area (Å²) >= 11 is 2.76. The molecule has 0 fully saturated rings. The van der Waals surface area contributed by atoms with Crippen LogP contribution in [0.1, 0.15) is 67.1 Å². The molecule has 4 rings (SSSR count). The number of Topliss-reactive ketones (excluding diaryl/α,β-unsaturated/α-hetero) is 1. The third-order valence-electron chi connectivity index (χ3n) is 6.78. The quantitative estimate of drug-likeness (QED) is 0.419. The lowest BCUT2D eigenvalue weighted by Gasteiger charge is -2.22. The Morgan fingerprint density at radius 1 is 1.14 bits per heavy atom. The monoisotopic (exact) mass is 612 g/mol. The average Bonchev–Trinajstić information content (AvgIpc) is 3.65. The van der Waals surface area contributed by atoms with Crippen LogP contribution in [0.2, 0.25) is 0 Å². The number of aromatic nitrogens is 3. The van der Waals surface area contributed by atoms with Crippen LogP contribution >= 0.6 is 23.1 Å². The number of rotatable bonds is 5. The Bertz CT molecular complexity index is 1420. The molecule has 0 saturated carbocycles. The van der Waals surface area contributed by atoms with E-state index >= 15 is 0 Å². The van der Waals surface area contributed by atoms with Crippen molar-refractivity contribution in [1.82, 2.24) is 30.5 Å². The van der Waals surface area contributed by atoms with Gasteiger partial charge in [-0.15, -0.1) is 16.4 Å². The van der Waals surface area contributed by atoms with Gasteiger partial charge in [0.05, 0.1) is 29.1 Å². The summed E-state index contributed by atoms with van der Waals surface area (Å²) in [5.74, 6) is 0.353. The Hall–Kier alpha value is -3.71. The number of nitrogens with zero attached hydrogens (tertiary/aromatic N) is 4. The van der Waals surface area contributed by atoms with E-state index in [4.69, 9.17) is 4.74 Å². The van der Waals surface area contributed by atoms with Gasteiger partial charge in [-0.1, -0.05) is 11.3 Å². The average molecular weight is 613 g/mol. The van der Waals surface area contributed by atoms with Crippen LogP contribution in [0.15, 0.2) is 36.5 Å². The van der Waals surface area contributed by atoms with Crippen molar-refractivity contribution in [3.05, 3.63) is 63.1 Å². The van der Waals surface area contributed by atoms with Gasteiger partial charge in [0.25, 0.3) is 11.8 Å². The summed E-state index contributed by atoms with van der Waals surface area (Å²) in [6, 6.07) is 7.98. The molecular weight excluding hydrogens is 576 g/mol. The van der Waals surface area contributed by atoms with Crippen molar-refractivity contribution in [3.63, 3.8) is 0 Å². The zero-order valence-electron chi connectivity index (χ0n) is 24.1. The summed E-state index contributed by atoms with van der Waals surface area (Å²) < 4.78 is 7.62. The maximum atomic E-state index is 13.4. The molecule has 0 unspecified atom stereocenters. The van der Waals surface area contributed by atoms with E-state index in [0.29, 0.717) is 78.0 Å². The van der Waals surface area contributed by atoms with E-state index in [1.807, 2.05) is 25.3 Å². The number of amides is 3. The third-order valence-corrected chi connectivity index (χ3v) is 8.60. The van der Waals surface area contributed by atoms with Crippen LogP contribution < -0.4 is 15.4 Å². The Morgan fingerprint density at radius 3 is 2.71 bits per heavy atom. The topological polar surface area (TPSA) is 136 Å². The maximum Gasteiger partial charge on any atom is 0.264 e. The SMILES string of the molecule is CSCC[C@@H]1NC(=O)c2cc(ccc2C)OCCCn2cc(nn2)CN(C(=O)c2ccc(C(C)=O)s2)CCCNC1=O. The summed E-state index contributed by atoms with van der Waals surface area (Å²) in [6.07, 6.45) is 5.37. The molecule has 3 amide bonds. The fourth-order valence-electron chi connectivity index (χ4n) is 4.46.